The monoisotopic (exact) mass is 267 g/mol. The van der Waals surface area contributed by atoms with E-state index >= 15 is 0 Å². The van der Waals surface area contributed by atoms with E-state index in [1.807, 2.05) is 4.90 Å². The highest BCUT2D eigenvalue weighted by molar-refractivity contribution is 5.79. The quantitative estimate of drug-likeness (QED) is 0.855. The number of aliphatic carboxylic acids is 1. The first-order valence-corrected chi connectivity index (χ1v) is 7.57. The number of hydrogen-bond donors (Lipinski definition) is 1. The number of carboxylic acid groups (broad SMARTS) is 1. The number of piperidine rings is 1. The van der Waals surface area contributed by atoms with Crippen molar-refractivity contribution in [1.82, 2.24) is 4.90 Å². The molecular formula is C15H25NO3. The van der Waals surface area contributed by atoms with Crippen molar-refractivity contribution in [2.75, 3.05) is 13.1 Å². The second-order valence-corrected chi connectivity index (χ2v) is 6.32. The van der Waals surface area contributed by atoms with Gasteiger partial charge in [0.1, 0.15) is 0 Å². The number of likely N-dealkylation sites (tertiary alicyclic amines) is 1. The lowest BCUT2D eigenvalue weighted by Crippen LogP contribution is -2.42. The van der Waals surface area contributed by atoms with E-state index in [4.69, 9.17) is 5.11 Å². The zero-order chi connectivity index (χ0) is 13.8. The van der Waals surface area contributed by atoms with E-state index < -0.39 is 5.97 Å². The molecule has 0 atom stereocenters. The van der Waals surface area contributed by atoms with Crippen molar-refractivity contribution in [3.63, 3.8) is 0 Å². The maximum absolute atomic E-state index is 12.4. The molecule has 1 N–H and O–H groups in total. The molecule has 1 saturated heterocycles. The molecule has 1 saturated carbocycles. The van der Waals surface area contributed by atoms with Crippen molar-refractivity contribution in [2.24, 2.45) is 17.8 Å². The van der Waals surface area contributed by atoms with E-state index in [1.54, 1.807) is 0 Å². The average Bonchev–Trinajstić information content (AvgIpc) is 2.39. The van der Waals surface area contributed by atoms with Crippen LogP contribution in [0.15, 0.2) is 0 Å². The Morgan fingerprint density at radius 3 is 2.16 bits per heavy atom. The van der Waals surface area contributed by atoms with Crippen LogP contribution in [-0.4, -0.2) is 35.0 Å². The maximum Gasteiger partial charge on any atom is 0.303 e. The van der Waals surface area contributed by atoms with Gasteiger partial charge in [-0.2, -0.15) is 0 Å². The largest absolute Gasteiger partial charge is 0.481 e. The summed E-state index contributed by atoms with van der Waals surface area (Å²) in [6.45, 7) is 4.07. The van der Waals surface area contributed by atoms with Crippen LogP contribution in [-0.2, 0) is 9.59 Å². The molecule has 4 nitrogen and oxygen atoms in total. The molecule has 0 bridgehead atoms. The Labute approximate surface area is 115 Å². The second kappa shape index (κ2) is 6.40. The van der Waals surface area contributed by atoms with Gasteiger partial charge in [-0.15, -0.1) is 0 Å². The molecule has 19 heavy (non-hydrogen) atoms. The fraction of sp³-hybridized carbons (Fsp3) is 0.867. The number of rotatable bonds is 3. The average molecular weight is 267 g/mol. The second-order valence-electron chi connectivity index (χ2n) is 6.32. The van der Waals surface area contributed by atoms with Crippen LogP contribution in [0.1, 0.15) is 51.9 Å². The molecule has 0 aromatic rings. The summed E-state index contributed by atoms with van der Waals surface area (Å²) in [5.41, 5.74) is 0. The molecule has 1 aliphatic heterocycles. The zero-order valence-corrected chi connectivity index (χ0v) is 11.8. The number of amides is 1. The molecule has 0 radical (unpaired) electrons. The smallest absolute Gasteiger partial charge is 0.303 e. The molecule has 1 amide bonds. The summed E-state index contributed by atoms with van der Waals surface area (Å²) in [7, 11) is 0. The van der Waals surface area contributed by atoms with Gasteiger partial charge in [0.2, 0.25) is 5.91 Å². The lowest BCUT2D eigenvalue weighted by molar-refractivity contribution is -0.139. The fourth-order valence-electron chi connectivity index (χ4n) is 3.35. The van der Waals surface area contributed by atoms with Gasteiger partial charge >= 0.3 is 5.97 Å². The number of carbonyl (C=O) groups is 2. The van der Waals surface area contributed by atoms with Gasteiger partial charge in [0, 0.05) is 25.4 Å². The molecule has 2 aliphatic rings. The Morgan fingerprint density at radius 1 is 1.05 bits per heavy atom. The number of nitrogens with zero attached hydrogens (tertiary/aromatic N) is 1. The van der Waals surface area contributed by atoms with Crippen LogP contribution in [0.4, 0.5) is 0 Å². The van der Waals surface area contributed by atoms with Gasteiger partial charge in [-0.1, -0.05) is 6.92 Å². The van der Waals surface area contributed by atoms with Crippen molar-refractivity contribution in [3.05, 3.63) is 0 Å². The predicted molar refractivity (Wildman–Crippen MR) is 72.7 cm³/mol. The third kappa shape index (κ3) is 3.95. The van der Waals surface area contributed by atoms with Gasteiger partial charge in [0.15, 0.2) is 0 Å². The Kier molecular flexibility index (Phi) is 4.83. The van der Waals surface area contributed by atoms with Gasteiger partial charge in [-0.05, 0) is 50.4 Å². The van der Waals surface area contributed by atoms with Crippen molar-refractivity contribution in [2.45, 2.75) is 51.9 Å². The Morgan fingerprint density at radius 2 is 1.63 bits per heavy atom. The van der Waals surface area contributed by atoms with E-state index in [2.05, 4.69) is 6.92 Å². The van der Waals surface area contributed by atoms with Crippen molar-refractivity contribution in [1.29, 1.82) is 0 Å². The molecule has 0 aromatic carbocycles. The van der Waals surface area contributed by atoms with E-state index in [0.717, 1.165) is 57.5 Å². The van der Waals surface area contributed by atoms with Gasteiger partial charge < -0.3 is 10.0 Å². The van der Waals surface area contributed by atoms with Crippen LogP contribution in [0, 0.1) is 17.8 Å². The SMILES string of the molecule is CC1CCN(C(=O)C2CCC(CC(=O)O)CC2)CC1. The summed E-state index contributed by atoms with van der Waals surface area (Å²) < 4.78 is 0. The van der Waals surface area contributed by atoms with Crippen molar-refractivity contribution >= 4 is 11.9 Å². The Balaban J connectivity index is 1.77. The summed E-state index contributed by atoms with van der Waals surface area (Å²) in [5, 5.41) is 8.79. The van der Waals surface area contributed by atoms with Gasteiger partial charge in [-0.25, -0.2) is 0 Å². The molecule has 4 heteroatoms. The zero-order valence-electron chi connectivity index (χ0n) is 11.8. The number of carbonyl (C=O) groups excluding carboxylic acids is 1. The normalized spacial score (nSPS) is 29.2. The molecular weight excluding hydrogens is 242 g/mol. The third-order valence-corrected chi connectivity index (χ3v) is 4.75. The fourth-order valence-corrected chi connectivity index (χ4v) is 3.35. The van der Waals surface area contributed by atoms with Gasteiger partial charge in [0.25, 0.3) is 0 Å². The highest BCUT2D eigenvalue weighted by Crippen LogP contribution is 2.32. The first-order chi connectivity index (χ1) is 9.06. The van der Waals surface area contributed by atoms with Crippen LogP contribution in [0.25, 0.3) is 0 Å². The van der Waals surface area contributed by atoms with E-state index in [0.29, 0.717) is 5.91 Å². The highest BCUT2D eigenvalue weighted by atomic mass is 16.4. The lowest BCUT2D eigenvalue weighted by Gasteiger charge is -2.35. The van der Waals surface area contributed by atoms with E-state index in [9.17, 15) is 9.59 Å². The highest BCUT2D eigenvalue weighted by Gasteiger charge is 2.31. The number of carboxylic acids is 1. The molecule has 0 spiro atoms. The molecule has 2 rings (SSSR count). The molecule has 0 aromatic heterocycles. The minimum Gasteiger partial charge on any atom is -0.481 e. The minimum atomic E-state index is -0.709. The van der Waals surface area contributed by atoms with E-state index in [-0.39, 0.29) is 18.3 Å². The Bertz CT molecular complexity index is 326. The van der Waals surface area contributed by atoms with Crippen molar-refractivity contribution < 1.29 is 14.7 Å². The van der Waals surface area contributed by atoms with Gasteiger partial charge in [0.05, 0.1) is 0 Å². The maximum atomic E-state index is 12.4. The minimum absolute atomic E-state index is 0.151. The predicted octanol–water partition coefficient (Wildman–Crippen LogP) is 2.53. The summed E-state index contributed by atoms with van der Waals surface area (Å²) in [6, 6.07) is 0. The topological polar surface area (TPSA) is 57.6 Å². The molecule has 0 unspecified atom stereocenters. The molecule has 2 fully saturated rings. The Hall–Kier alpha value is -1.06. The number of hydrogen-bond acceptors (Lipinski definition) is 2. The van der Waals surface area contributed by atoms with Crippen molar-refractivity contribution in [3.8, 4) is 0 Å². The van der Waals surface area contributed by atoms with Crippen LogP contribution >= 0.6 is 0 Å². The first kappa shape index (κ1) is 14.4. The first-order valence-electron chi connectivity index (χ1n) is 7.57. The standard InChI is InChI=1S/C15H25NO3/c1-11-6-8-16(9-7-11)15(19)13-4-2-12(3-5-13)10-14(17)18/h11-13H,2-10H2,1H3,(H,17,18). The third-order valence-electron chi connectivity index (χ3n) is 4.75. The summed E-state index contributed by atoms with van der Waals surface area (Å²) in [4.78, 5) is 25.1. The van der Waals surface area contributed by atoms with Crippen LogP contribution < -0.4 is 0 Å². The summed E-state index contributed by atoms with van der Waals surface area (Å²) in [6.07, 6.45) is 6.06. The van der Waals surface area contributed by atoms with Crippen LogP contribution in [0.2, 0.25) is 0 Å². The van der Waals surface area contributed by atoms with Crippen LogP contribution in [0.5, 0.6) is 0 Å². The van der Waals surface area contributed by atoms with Crippen LogP contribution in [0.3, 0.4) is 0 Å². The van der Waals surface area contributed by atoms with E-state index in [1.165, 1.54) is 0 Å². The molecule has 108 valence electrons. The summed E-state index contributed by atoms with van der Waals surface area (Å²) >= 11 is 0. The molecule has 1 heterocycles. The van der Waals surface area contributed by atoms with Gasteiger partial charge in [-0.3, -0.25) is 9.59 Å². The lowest BCUT2D eigenvalue weighted by atomic mass is 9.79. The molecule has 1 aliphatic carbocycles. The summed E-state index contributed by atoms with van der Waals surface area (Å²) in [5.74, 6) is 0.789.